The number of hydrogen-bond acceptors (Lipinski definition) is 4. The number of benzene rings is 1. The van der Waals surface area contributed by atoms with Gasteiger partial charge in [0.1, 0.15) is 6.04 Å². The normalized spacial score (nSPS) is 14.7. The summed E-state index contributed by atoms with van der Waals surface area (Å²) in [6.45, 7) is 1.35. The van der Waals surface area contributed by atoms with Crippen LogP contribution in [0.15, 0.2) is 36.7 Å². The number of rotatable bonds is 7. The van der Waals surface area contributed by atoms with E-state index >= 15 is 0 Å². The number of nitrogens with zero attached hydrogens (tertiary/aromatic N) is 2. The van der Waals surface area contributed by atoms with Gasteiger partial charge >= 0.3 is 0 Å². The molecule has 1 amide bonds. The van der Waals surface area contributed by atoms with Gasteiger partial charge in [0.2, 0.25) is 5.91 Å². The molecule has 1 aliphatic heterocycles. The van der Waals surface area contributed by atoms with Crippen LogP contribution in [0.4, 0.5) is 0 Å². The van der Waals surface area contributed by atoms with Crippen LogP contribution >= 0.6 is 11.8 Å². The summed E-state index contributed by atoms with van der Waals surface area (Å²) in [5, 5.41) is 0. The second-order valence-electron chi connectivity index (χ2n) is 6.41. The number of fused-ring (bicyclic) bond motifs is 1. The van der Waals surface area contributed by atoms with Crippen molar-refractivity contribution >= 4 is 17.7 Å². The van der Waals surface area contributed by atoms with Crippen molar-refractivity contribution in [3.8, 4) is 11.5 Å². The van der Waals surface area contributed by atoms with Gasteiger partial charge in [-0.05, 0) is 60.2 Å². The quantitative estimate of drug-likeness (QED) is 0.745. The van der Waals surface area contributed by atoms with E-state index in [1.807, 2.05) is 46.1 Å². The number of methoxy groups -OCH3 is 2. The van der Waals surface area contributed by atoms with Crippen molar-refractivity contribution in [2.75, 3.05) is 32.8 Å². The van der Waals surface area contributed by atoms with Crippen molar-refractivity contribution in [1.82, 2.24) is 9.47 Å². The van der Waals surface area contributed by atoms with Crippen molar-refractivity contribution in [2.45, 2.75) is 25.4 Å². The highest BCUT2D eigenvalue weighted by atomic mass is 32.2. The number of hydrogen-bond donors (Lipinski definition) is 0. The fraction of sp³-hybridized carbons (Fsp3) is 0.450. The van der Waals surface area contributed by atoms with Crippen LogP contribution in [-0.2, 0) is 17.8 Å². The van der Waals surface area contributed by atoms with Crippen LogP contribution in [0.1, 0.15) is 23.6 Å². The Morgan fingerprint density at radius 2 is 1.81 bits per heavy atom. The smallest absolute Gasteiger partial charge is 0.245 e. The molecule has 1 unspecified atom stereocenters. The molecule has 2 aromatic rings. The molecule has 5 nitrogen and oxygen atoms in total. The molecule has 0 aliphatic carbocycles. The Hall–Kier alpha value is -2.08. The SMILES string of the molecule is COc1cc2c(cc1OC)CN(C(=O)C(CCSC)n1cccc1)CC2. The number of aromatic nitrogens is 1. The largest absolute Gasteiger partial charge is 0.493 e. The van der Waals surface area contributed by atoms with Gasteiger partial charge in [-0.15, -0.1) is 0 Å². The van der Waals surface area contributed by atoms with Crippen LogP contribution < -0.4 is 9.47 Å². The number of amides is 1. The van der Waals surface area contributed by atoms with E-state index in [1.54, 1.807) is 26.0 Å². The fourth-order valence-electron chi connectivity index (χ4n) is 3.47. The van der Waals surface area contributed by atoms with Crippen molar-refractivity contribution < 1.29 is 14.3 Å². The summed E-state index contributed by atoms with van der Waals surface area (Å²) in [5.41, 5.74) is 2.37. The molecule has 0 bridgehead atoms. The van der Waals surface area contributed by atoms with Crippen LogP contribution in [-0.4, -0.2) is 48.1 Å². The van der Waals surface area contributed by atoms with Gasteiger partial charge < -0.3 is 18.9 Å². The van der Waals surface area contributed by atoms with Crippen molar-refractivity contribution in [3.63, 3.8) is 0 Å². The van der Waals surface area contributed by atoms with Crippen LogP contribution in [0, 0.1) is 0 Å². The maximum absolute atomic E-state index is 13.2. The first kappa shape index (κ1) is 18.7. The summed E-state index contributed by atoms with van der Waals surface area (Å²) < 4.78 is 12.8. The standard InChI is InChI=1S/C20H26N2O3S/c1-24-18-12-15-6-10-22(14-16(15)13-19(18)25-2)20(23)17(7-11-26-3)21-8-4-5-9-21/h4-5,8-9,12-13,17H,6-7,10-11,14H2,1-3H3. The van der Waals surface area contributed by atoms with Gasteiger partial charge in [0.05, 0.1) is 14.2 Å². The maximum atomic E-state index is 13.2. The lowest BCUT2D eigenvalue weighted by Crippen LogP contribution is -2.40. The number of carbonyl (C=O) groups is 1. The second kappa shape index (κ2) is 8.54. The summed E-state index contributed by atoms with van der Waals surface area (Å²) >= 11 is 1.77. The second-order valence-corrected chi connectivity index (χ2v) is 7.40. The molecule has 0 fully saturated rings. The zero-order chi connectivity index (χ0) is 18.5. The Kier molecular flexibility index (Phi) is 6.14. The van der Waals surface area contributed by atoms with Crippen LogP contribution in [0.2, 0.25) is 0 Å². The highest BCUT2D eigenvalue weighted by Crippen LogP contribution is 2.34. The highest BCUT2D eigenvalue weighted by molar-refractivity contribution is 7.98. The first-order valence-electron chi connectivity index (χ1n) is 8.82. The van der Waals surface area contributed by atoms with E-state index in [9.17, 15) is 4.79 Å². The summed E-state index contributed by atoms with van der Waals surface area (Å²) in [4.78, 5) is 15.2. The van der Waals surface area contributed by atoms with Crippen LogP contribution in [0.3, 0.4) is 0 Å². The molecule has 0 saturated carbocycles. The third-order valence-corrected chi connectivity index (χ3v) is 5.54. The van der Waals surface area contributed by atoms with E-state index in [-0.39, 0.29) is 11.9 Å². The van der Waals surface area contributed by atoms with Crippen molar-refractivity contribution in [1.29, 1.82) is 0 Å². The lowest BCUT2D eigenvalue weighted by Gasteiger charge is -2.33. The van der Waals surface area contributed by atoms with Gasteiger partial charge in [0.25, 0.3) is 0 Å². The predicted octanol–water partition coefficient (Wildman–Crippen LogP) is 3.38. The average molecular weight is 375 g/mol. The molecule has 0 saturated heterocycles. The molecule has 1 aromatic heterocycles. The number of ether oxygens (including phenoxy) is 2. The van der Waals surface area contributed by atoms with Gasteiger partial charge in [-0.1, -0.05) is 0 Å². The average Bonchev–Trinajstić information content (AvgIpc) is 3.21. The third kappa shape index (κ3) is 3.85. The topological polar surface area (TPSA) is 43.7 Å². The lowest BCUT2D eigenvalue weighted by molar-refractivity contribution is -0.135. The van der Waals surface area contributed by atoms with Gasteiger partial charge in [0, 0.05) is 25.5 Å². The Labute approximate surface area is 159 Å². The van der Waals surface area contributed by atoms with E-state index in [2.05, 4.69) is 6.26 Å². The lowest BCUT2D eigenvalue weighted by atomic mass is 9.98. The Morgan fingerprint density at radius 1 is 1.15 bits per heavy atom. The van der Waals surface area contributed by atoms with E-state index in [0.29, 0.717) is 12.3 Å². The first-order chi connectivity index (χ1) is 12.7. The van der Waals surface area contributed by atoms with Gasteiger partial charge in [-0.25, -0.2) is 0 Å². The fourth-order valence-corrected chi connectivity index (χ4v) is 3.93. The molecular weight excluding hydrogens is 348 g/mol. The molecule has 0 radical (unpaired) electrons. The Balaban J connectivity index is 1.81. The van der Waals surface area contributed by atoms with E-state index in [4.69, 9.17) is 9.47 Å². The minimum Gasteiger partial charge on any atom is -0.493 e. The van der Waals surface area contributed by atoms with Gasteiger partial charge in [-0.2, -0.15) is 11.8 Å². The summed E-state index contributed by atoms with van der Waals surface area (Å²) in [6.07, 6.45) is 7.71. The Morgan fingerprint density at radius 3 is 2.42 bits per heavy atom. The third-order valence-electron chi connectivity index (χ3n) is 4.90. The summed E-state index contributed by atoms with van der Waals surface area (Å²) in [7, 11) is 3.29. The minimum atomic E-state index is -0.140. The zero-order valence-electron chi connectivity index (χ0n) is 15.6. The van der Waals surface area contributed by atoms with Crippen molar-refractivity contribution in [3.05, 3.63) is 47.8 Å². The molecule has 26 heavy (non-hydrogen) atoms. The zero-order valence-corrected chi connectivity index (χ0v) is 16.4. The predicted molar refractivity (Wildman–Crippen MR) is 105 cm³/mol. The molecule has 1 atom stereocenters. The minimum absolute atomic E-state index is 0.140. The van der Waals surface area contributed by atoms with E-state index < -0.39 is 0 Å². The van der Waals surface area contributed by atoms with Gasteiger partial charge in [-0.3, -0.25) is 4.79 Å². The first-order valence-corrected chi connectivity index (χ1v) is 10.2. The number of thioether (sulfide) groups is 1. The molecule has 1 aromatic carbocycles. The van der Waals surface area contributed by atoms with Crippen molar-refractivity contribution in [2.24, 2.45) is 0 Å². The molecule has 0 N–H and O–H groups in total. The summed E-state index contributed by atoms with van der Waals surface area (Å²) in [5.74, 6) is 2.61. The van der Waals surface area contributed by atoms with Gasteiger partial charge in [0.15, 0.2) is 11.5 Å². The van der Waals surface area contributed by atoms with Crippen LogP contribution in [0.25, 0.3) is 0 Å². The highest BCUT2D eigenvalue weighted by Gasteiger charge is 2.28. The molecule has 140 valence electrons. The van der Waals surface area contributed by atoms with E-state index in [0.717, 1.165) is 36.5 Å². The van der Waals surface area contributed by atoms with E-state index in [1.165, 1.54) is 5.56 Å². The molecule has 2 heterocycles. The summed E-state index contributed by atoms with van der Waals surface area (Å²) in [6, 6.07) is 7.84. The Bertz CT molecular complexity index is 746. The molecular formula is C20H26N2O3S. The molecule has 3 rings (SSSR count). The molecule has 1 aliphatic rings. The monoisotopic (exact) mass is 374 g/mol. The molecule has 0 spiro atoms. The molecule has 6 heteroatoms. The maximum Gasteiger partial charge on any atom is 0.245 e. The van der Waals surface area contributed by atoms with Crippen LogP contribution in [0.5, 0.6) is 11.5 Å². The number of carbonyl (C=O) groups excluding carboxylic acids is 1.